The Balaban J connectivity index is 1.33. The quantitative estimate of drug-likeness (QED) is 0.117. The van der Waals surface area contributed by atoms with E-state index in [1.807, 2.05) is 0 Å². The van der Waals surface area contributed by atoms with Gasteiger partial charge in [-0.25, -0.2) is 22.2 Å². The number of amides is 1. The number of carbonyl (C=O) groups excluding carboxylic acids is 1. The summed E-state index contributed by atoms with van der Waals surface area (Å²) in [6.45, 7) is -0.954. The molecule has 0 radical (unpaired) electrons. The standard InChI is InChI=1S/C33H25Cl2F7N6O3S/c1-47-29-18(3-5-22(34)27(29)31(45-47)46-52(2,50)51)17-4-6-24(35)44-28(17)23(9-14-7-15(36)10-16(37)8-14)43-25(49)13-48-12-21(33(40,41)42)26-19-11-20(19)32(38,39)30(26)48/h3-8,10,12,19-20,23H,9,11,13H2,1-2H3,(H,43,49)(H,45,46)/t19-,20+,23-/m0/s1. The number of aromatic nitrogens is 4. The number of hydrogen-bond donors (Lipinski definition) is 2. The predicted octanol–water partition coefficient (Wildman–Crippen LogP) is 7.72. The largest absolute Gasteiger partial charge is 0.418 e. The van der Waals surface area contributed by atoms with Crippen molar-refractivity contribution in [3.05, 3.63) is 98.5 Å². The third-order valence-corrected chi connectivity index (χ3v) is 10.2. The van der Waals surface area contributed by atoms with E-state index in [2.05, 4.69) is 20.1 Å². The first-order valence-corrected chi connectivity index (χ1v) is 18.1. The normalized spacial score (nSPS) is 18.3. The number of nitrogens with one attached hydrogen (secondary N) is 2. The first-order valence-electron chi connectivity index (χ1n) is 15.5. The fraction of sp³-hybridized carbons (Fsp3) is 0.303. The number of halogens is 9. The summed E-state index contributed by atoms with van der Waals surface area (Å²) in [6.07, 6.45) is -3.97. The molecular weight excluding hydrogens is 764 g/mol. The molecule has 1 saturated carbocycles. The Morgan fingerprint density at radius 2 is 1.75 bits per heavy atom. The summed E-state index contributed by atoms with van der Waals surface area (Å²) in [5.74, 6) is -8.86. The lowest BCUT2D eigenvalue weighted by Gasteiger charge is -2.23. The van der Waals surface area contributed by atoms with Gasteiger partial charge in [0.05, 0.1) is 45.2 Å². The van der Waals surface area contributed by atoms with Crippen LogP contribution in [0.4, 0.5) is 36.6 Å². The first-order chi connectivity index (χ1) is 24.2. The summed E-state index contributed by atoms with van der Waals surface area (Å²) >= 11 is 12.8. The van der Waals surface area contributed by atoms with Crippen LogP contribution in [-0.2, 0) is 46.9 Å². The van der Waals surface area contributed by atoms with Crippen LogP contribution in [-0.4, -0.2) is 39.9 Å². The monoisotopic (exact) mass is 788 g/mol. The molecule has 1 amide bonds. The van der Waals surface area contributed by atoms with Gasteiger partial charge in [0.2, 0.25) is 15.9 Å². The van der Waals surface area contributed by atoms with Crippen LogP contribution in [0.5, 0.6) is 0 Å². The van der Waals surface area contributed by atoms with E-state index in [0.29, 0.717) is 27.9 Å². The van der Waals surface area contributed by atoms with Crippen molar-refractivity contribution in [2.75, 3.05) is 11.0 Å². The van der Waals surface area contributed by atoms with Gasteiger partial charge in [-0.2, -0.15) is 27.1 Å². The minimum atomic E-state index is -4.95. The number of pyridine rings is 1. The van der Waals surface area contributed by atoms with Crippen molar-refractivity contribution in [1.29, 1.82) is 0 Å². The van der Waals surface area contributed by atoms with Crippen molar-refractivity contribution in [2.45, 2.75) is 43.4 Å². The number of sulfonamides is 1. The van der Waals surface area contributed by atoms with Crippen LogP contribution in [0.2, 0.25) is 10.2 Å². The van der Waals surface area contributed by atoms with E-state index in [1.54, 1.807) is 6.07 Å². The van der Waals surface area contributed by atoms with Gasteiger partial charge in [0.25, 0.3) is 5.92 Å². The molecular formula is C33H25Cl2F7N6O3S. The van der Waals surface area contributed by atoms with Gasteiger partial charge in [-0.15, -0.1) is 0 Å². The summed E-state index contributed by atoms with van der Waals surface area (Å²) in [6, 6.07) is 7.24. The number of aryl methyl sites for hydroxylation is 1. The lowest BCUT2D eigenvalue weighted by atomic mass is 9.94. The molecule has 3 atom stereocenters. The summed E-state index contributed by atoms with van der Waals surface area (Å²) in [7, 11) is -2.30. The van der Waals surface area contributed by atoms with Crippen molar-refractivity contribution in [3.63, 3.8) is 0 Å². The average molecular weight is 790 g/mol. The van der Waals surface area contributed by atoms with Gasteiger partial charge in [-0.1, -0.05) is 29.3 Å². The Kier molecular flexibility index (Phi) is 8.57. The average Bonchev–Trinajstić information content (AvgIpc) is 3.55. The molecule has 2 aromatic carbocycles. The Labute approximate surface area is 300 Å². The zero-order valence-corrected chi connectivity index (χ0v) is 29.1. The van der Waals surface area contributed by atoms with Crippen LogP contribution in [0.1, 0.15) is 46.5 Å². The maximum absolute atomic E-state index is 15.3. The molecule has 2 N–H and O–H groups in total. The maximum Gasteiger partial charge on any atom is 0.418 e. The van der Waals surface area contributed by atoms with Crippen molar-refractivity contribution in [2.24, 2.45) is 13.0 Å². The molecule has 3 aromatic heterocycles. The molecule has 5 aromatic rings. The molecule has 274 valence electrons. The lowest BCUT2D eigenvalue weighted by Crippen LogP contribution is -2.34. The highest BCUT2D eigenvalue weighted by Gasteiger charge is 2.67. The van der Waals surface area contributed by atoms with E-state index in [4.69, 9.17) is 23.2 Å². The number of anilines is 1. The second-order valence-corrected chi connectivity index (χ2v) is 15.4. The van der Waals surface area contributed by atoms with E-state index in [0.717, 1.165) is 18.4 Å². The van der Waals surface area contributed by atoms with E-state index in [-0.39, 0.29) is 51.0 Å². The van der Waals surface area contributed by atoms with Gasteiger partial charge in [-0.3, -0.25) is 14.2 Å². The molecule has 0 spiro atoms. The molecule has 52 heavy (non-hydrogen) atoms. The zero-order valence-electron chi connectivity index (χ0n) is 26.8. The highest BCUT2D eigenvalue weighted by atomic mass is 35.5. The maximum atomic E-state index is 15.3. The van der Waals surface area contributed by atoms with Crippen molar-refractivity contribution in [1.82, 2.24) is 24.6 Å². The highest BCUT2D eigenvalue weighted by Crippen LogP contribution is 2.69. The molecule has 0 aliphatic heterocycles. The minimum Gasteiger partial charge on any atom is -0.346 e. The van der Waals surface area contributed by atoms with Crippen molar-refractivity contribution in [3.8, 4) is 11.1 Å². The third kappa shape index (κ3) is 6.46. The van der Waals surface area contributed by atoms with Gasteiger partial charge in [0.15, 0.2) is 5.82 Å². The van der Waals surface area contributed by atoms with Crippen LogP contribution >= 0.6 is 23.2 Å². The van der Waals surface area contributed by atoms with Gasteiger partial charge in [-0.05, 0) is 60.2 Å². The Hall–Kier alpha value is -4.35. The van der Waals surface area contributed by atoms with Crippen LogP contribution < -0.4 is 10.0 Å². The molecule has 2 aliphatic rings. The number of carbonyl (C=O) groups is 1. The van der Waals surface area contributed by atoms with E-state index < -0.39 is 80.9 Å². The SMILES string of the molecule is Cn1nc(NS(C)(=O)=O)c2c(Cl)ccc(-c3ccc(Cl)nc3[C@H](Cc3cc(F)cc(F)c3)NC(=O)Cn3cc(C(F)(F)F)c4c3C(F)(F)[C@@H]3C[C@H]43)c21. The number of hydrogen-bond acceptors (Lipinski definition) is 5. The van der Waals surface area contributed by atoms with Crippen LogP contribution in [0.3, 0.4) is 0 Å². The molecule has 0 saturated heterocycles. The minimum absolute atomic E-state index is 0.00764. The molecule has 3 heterocycles. The number of fused-ring (bicyclic) bond motifs is 4. The smallest absolute Gasteiger partial charge is 0.346 e. The van der Waals surface area contributed by atoms with Crippen molar-refractivity contribution < 1.29 is 43.9 Å². The lowest BCUT2D eigenvalue weighted by molar-refractivity contribution is -0.138. The summed E-state index contributed by atoms with van der Waals surface area (Å²) in [4.78, 5) is 18.1. The highest BCUT2D eigenvalue weighted by molar-refractivity contribution is 7.92. The number of nitrogens with zero attached hydrogens (tertiary/aromatic N) is 4. The number of alkyl halides is 5. The zero-order chi connectivity index (χ0) is 37.7. The predicted molar refractivity (Wildman–Crippen MR) is 178 cm³/mol. The molecule has 0 unspecified atom stereocenters. The topological polar surface area (TPSA) is 111 Å². The molecule has 19 heteroatoms. The Bertz CT molecular complexity index is 2390. The van der Waals surface area contributed by atoms with E-state index in [1.165, 1.54) is 29.9 Å². The fourth-order valence-corrected chi connectivity index (χ4v) is 8.01. The molecule has 2 aliphatic carbocycles. The number of benzene rings is 2. The van der Waals surface area contributed by atoms with Crippen LogP contribution in [0, 0.1) is 17.6 Å². The van der Waals surface area contributed by atoms with E-state index >= 15 is 8.78 Å². The molecule has 0 bridgehead atoms. The van der Waals surface area contributed by atoms with Gasteiger partial charge in [0, 0.05) is 36.4 Å². The molecule has 9 nitrogen and oxygen atoms in total. The first kappa shape index (κ1) is 36.0. The van der Waals surface area contributed by atoms with E-state index in [9.17, 15) is 35.2 Å². The van der Waals surface area contributed by atoms with Gasteiger partial charge in [0.1, 0.15) is 23.3 Å². The Morgan fingerprint density at radius 3 is 2.40 bits per heavy atom. The van der Waals surface area contributed by atoms with Crippen LogP contribution in [0.15, 0.2) is 48.7 Å². The van der Waals surface area contributed by atoms with Crippen LogP contribution in [0.25, 0.3) is 22.0 Å². The molecule has 7 rings (SSSR count). The number of rotatable bonds is 9. The van der Waals surface area contributed by atoms with Gasteiger partial charge < -0.3 is 9.88 Å². The summed E-state index contributed by atoms with van der Waals surface area (Å²) in [5.41, 5.74) is -1.69. The van der Waals surface area contributed by atoms with Gasteiger partial charge >= 0.3 is 6.18 Å². The third-order valence-electron chi connectivity index (χ3n) is 9.11. The Morgan fingerprint density at radius 1 is 1.08 bits per heavy atom. The second-order valence-electron chi connectivity index (χ2n) is 12.8. The molecule has 1 fully saturated rings. The fourth-order valence-electron chi connectivity index (χ4n) is 7.12. The summed E-state index contributed by atoms with van der Waals surface area (Å²) in [5, 5.41) is 7.10. The second kappa shape index (κ2) is 12.4. The van der Waals surface area contributed by atoms with Crippen molar-refractivity contribution >= 4 is 55.9 Å². The summed E-state index contributed by atoms with van der Waals surface area (Å²) < 4.78 is 130.